The van der Waals surface area contributed by atoms with E-state index in [2.05, 4.69) is 44.8 Å². The topological polar surface area (TPSA) is 35.6 Å². The number of hydrogen-bond acceptors (Lipinski definition) is 2. The molecular formula is C15H31N3O. The predicted octanol–water partition coefficient (Wildman–Crippen LogP) is 2.55. The minimum atomic E-state index is 0.111. The van der Waals surface area contributed by atoms with Crippen LogP contribution in [0, 0.1) is 5.92 Å². The first-order valence-corrected chi connectivity index (χ1v) is 7.70. The molecular weight excluding hydrogens is 238 g/mol. The maximum absolute atomic E-state index is 12.0. The van der Waals surface area contributed by atoms with E-state index in [-0.39, 0.29) is 6.03 Å². The zero-order valence-electron chi connectivity index (χ0n) is 13.3. The highest BCUT2D eigenvalue weighted by Gasteiger charge is 2.20. The molecule has 0 bridgehead atoms. The van der Waals surface area contributed by atoms with Crippen molar-refractivity contribution in [3.05, 3.63) is 0 Å². The van der Waals surface area contributed by atoms with E-state index in [4.69, 9.17) is 0 Å². The number of amides is 2. The molecule has 1 saturated heterocycles. The summed E-state index contributed by atoms with van der Waals surface area (Å²) in [7, 11) is 0. The minimum absolute atomic E-state index is 0.111. The van der Waals surface area contributed by atoms with Gasteiger partial charge in [0.15, 0.2) is 0 Å². The maximum atomic E-state index is 12.0. The number of piperidine rings is 1. The summed E-state index contributed by atoms with van der Waals surface area (Å²) in [5.41, 5.74) is 0. The van der Waals surface area contributed by atoms with Gasteiger partial charge in [0.2, 0.25) is 0 Å². The molecule has 0 radical (unpaired) electrons. The molecule has 0 spiro atoms. The molecule has 1 heterocycles. The quantitative estimate of drug-likeness (QED) is 0.832. The third-order valence-corrected chi connectivity index (χ3v) is 4.04. The van der Waals surface area contributed by atoms with Crippen molar-refractivity contribution >= 4 is 6.03 Å². The molecule has 2 amide bonds. The molecule has 1 fully saturated rings. The van der Waals surface area contributed by atoms with Crippen LogP contribution in [-0.2, 0) is 0 Å². The van der Waals surface area contributed by atoms with Gasteiger partial charge in [0.25, 0.3) is 0 Å². The van der Waals surface area contributed by atoms with Crippen molar-refractivity contribution in [3.8, 4) is 0 Å². The molecule has 0 aromatic heterocycles. The average Bonchev–Trinajstić information content (AvgIpc) is 2.34. The Morgan fingerprint density at radius 2 is 1.74 bits per heavy atom. The number of rotatable bonds is 5. The molecule has 0 aromatic carbocycles. The fourth-order valence-electron chi connectivity index (χ4n) is 2.73. The molecule has 0 atom stereocenters. The third-order valence-electron chi connectivity index (χ3n) is 4.04. The summed E-state index contributed by atoms with van der Waals surface area (Å²) in [5.74, 6) is 0.765. The monoisotopic (exact) mass is 269 g/mol. The van der Waals surface area contributed by atoms with Gasteiger partial charge in [0.1, 0.15) is 0 Å². The standard InChI is InChI=1S/C15H31N3O/c1-12(2)18(13(3)4)11-8-16-15(19)17-9-6-14(5)7-10-17/h12-14H,6-11H2,1-5H3,(H,16,19). The highest BCUT2D eigenvalue weighted by atomic mass is 16.2. The van der Waals surface area contributed by atoms with Gasteiger partial charge in [-0.1, -0.05) is 6.92 Å². The molecule has 4 nitrogen and oxygen atoms in total. The first kappa shape index (κ1) is 16.3. The Morgan fingerprint density at radius 1 is 1.21 bits per heavy atom. The van der Waals surface area contributed by atoms with Gasteiger partial charge in [-0.25, -0.2) is 4.79 Å². The summed E-state index contributed by atoms with van der Waals surface area (Å²) in [6, 6.07) is 1.15. The Hall–Kier alpha value is -0.770. The minimum Gasteiger partial charge on any atom is -0.337 e. The second kappa shape index (κ2) is 7.73. The zero-order valence-corrected chi connectivity index (χ0v) is 13.3. The van der Waals surface area contributed by atoms with Crippen LogP contribution in [0.3, 0.4) is 0 Å². The number of urea groups is 1. The lowest BCUT2D eigenvalue weighted by Crippen LogP contribution is -2.47. The largest absolute Gasteiger partial charge is 0.337 e. The summed E-state index contributed by atoms with van der Waals surface area (Å²) >= 11 is 0. The third kappa shape index (κ3) is 5.39. The highest BCUT2D eigenvalue weighted by Crippen LogP contribution is 2.15. The summed E-state index contributed by atoms with van der Waals surface area (Å²) < 4.78 is 0. The molecule has 1 N–H and O–H groups in total. The molecule has 19 heavy (non-hydrogen) atoms. The van der Waals surface area contributed by atoms with Crippen LogP contribution in [-0.4, -0.2) is 54.1 Å². The molecule has 0 aromatic rings. The maximum Gasteiger partial charge on any atom is 0.317 e. The number of nitrogens with one attached hydrogen (secondary N) is 1. The Balaban J connectivity index is 2.26. The van der Waals surface area contributed by atoms with E-state index < -0.39 is 0 Å². The smallest absolute Gasteiger partial charge is 0.317 e. The van der Waals surface area contributed by atoms with Crippen molar-refractivity contribution in [2.45, 2.75) is 59.5 Å². The Labute approximate surface area is 118 Å². The number of carbonyl (C=O) groups excluding carboxylic acids is 1. The molecule has 0 saturated carbocycles. The van der Waals surface area contributed by atoms with Crippen LogP contribution in [0.5, 0.6) is 0 Å². The van der Waals surface area contributed by atoms with E-state index in [1.807, 2.05) is 4.90 Å². The molecule has 112 valence electrons. The van der Waals surface area contributed by atoms with Crippen molar-refractivity contribution in [1.82, 2.24) is 15.1 Å². The van der Waals surface area contributed by atoms with Gasteiger partial charge >= 0.3 is 6.03 Å². The van der Waals surface area contributed by atoms with E-state index in [0.717, 1.165) is 44.9 Å². The molecule has 1 aliphatic rings. The lowest BCUT2D eigenvalue weighted by atomic mass is 10.00. The normalized spacial score (nSPS) is 17.6. The SMILES string of the molecule is CC1CCN(C(=O)NCCN(C(C)C)C(C)C)CC1. The first-order valence-electron chi connectivity index (χ1n) is 7.70. The second-order valence-electron chi connectivity index (χ2n) is 6.33. The Bertz CT molecular complexity index is 263. The van der Waals surface area contributed by atoms with Gasteiger partial charge in [0, 0.05) is 38.3 Å². The van der Waals surface area contributed by atoms with Crippen LogP contribution in [0.15, 0.2) is 0 Å². The zero-order chi connectivity index (χ0) is 14.4. The van der Waals surface area contributed by atoms with E-state index in [1.54, 1.807) is 0 Å². The lowest BCUT2D eigenvalue weighted by molar-refractivity contribution is 0.160. The molecule has 1 rings (SSSR count). The Morgan fingerprint density at radius 3 is 2.21 bits per heavy atom. The van der Waals surface area contributed by atoms with Crippen LogP contribution in [0.25, 0.3) is 0 Å². The van der Waals surface area contributed by atoms with Crippen molar-refractivity contribution < 1.29 is 4.79 Å². The van der Waals surface area contributed by atoms with Gasteiger partial charge < -0.3 is 10.2 Å². The van der Waals surface area contributed by atoms with Crippen LogP contribution in [0.4, 0.5) is 4.79 Å². The molecule has 0 unspecified atom stereocenters. The van der Waals surface area contributed by atoms with E-state index in [1.165, 1.54) is 0 Å². The van der Waals surface area contributed by atoms with Crippen LogP contribution in [0.2, 0.25) is 0 Å². The van der Waals surface area contributed by atoms with Crippen molar-refractivity contribution in [2.75, 3.05) is 26.2 Å². The van der Waals surface area contributed by atoms with E-state index in [9.17, 15) is 4.79 Å². The van der Waals surface area contributed by atoms with Crippen LogP contribution >= 0.6 is 0 Å². The van der Waals surface area contributed by atoms with Gasteiger partial charge in [-0.3, -0.25) is 4.90 Å². The van der Waals surface area contributed by atoms with Crippen LogP contribution in [0.1, 0.15) is 47.5 Å². The van der Waals surface area contributed by atoms with Gasteiger partial charge in [-0.15, -0.1) is 0 Å². The number of carbonyl (C=O) groups is 1. The molecule has 1 aliphatic heterocycles. The van der Waals surface area contributed by atoms with E-state index in [0.29, 0.717) is 12.1 Å². The predicted molar refractivity (Wildman–Crippen MR) is 80.3 cm³/mol. The first-order chi connectivity index (χ1) is 8.91. The summed E-state index contributed by atoms with van der Waals surface area (Å²) in [4.78, 5) is 16.4. The average molecular weight is 269 g/mol. The van der Waals surface area contributed by atoms with Gasteiger partial charge in [-0.05, 0) is 46.5 Å². The fraction of sp³-hybridized carbons (Fsp3) is 0.933. The summed E-state index contributed by atoms with van der Waals surface area (Å²) in [6.45, 7) is 14.5. The number of likely N-dealkylation sites (tertiary alicyclic amines) is 1. The number of hydrogen-bond donors (Lipinski definition) is 1. The fourth-order valence-corrected chi connectivity index (χ4v) is 2.73. The molecule has 4 heteroatoms. The summed E-state index contributed by atoms with van der Waals surface area (Å²) in [6.07, 6.45) is 2.27. The van der Waals surface area contributed by atoms with Crippen molar-refractivity contribution in [2.24, 2.45) is 5.92 Å². The molecule has 0 aliphatic carbocycles. The van der Waals surface area contributed by atoms with Crippen LogP contribution < -0.4 is 5.32 Å². The van der Waals surface area contributed by atoms with Crippen molar-refractivity contribution in [1.29, 1.82) is 0 Å². The Kier molecular flexibility index (Phi) is 6.63. The van der Waals surface area contributed by atoms with Gasteiger partial charge in [-0.2, -0.15) is 0 Å². The lowest BCUT2D eigenvalue weighted by Gasteiger charge is -2.32. The highest BCUT2D eigenvalue weighted by molar-refractivity contribution is 5.74. The number of nitrogens with zero attached hydrogens (tertiary/aromatic N) is 2. The van der Waals surface area contributed by atoms with Gasteiger partial charge in [0.05, 0.1) is 0 Å². The summed E-state index contributed by atoms with van der Waals surface area (Å²) in [5, 5.41) is 3.05. The second-order valence-corrected chi connectivity index (χ2v) is 6.33. The van der Waals surface area contributed by atoms with Crippen molar-refractivity contribution in [3.63, 3.8) is 0 Å². The van der Waals surface area contributed by atoms with E-state index >= 15 is 0 Å².